The molecule has 5 aromatic rings. The van der Waals surface area contributed by atoms with Gasteiger partial charge in [0, 0.05) is 11.1 Å². The van der Waals surface area contributed by atoms with Crippen molar-refractivity contribution in [2.24, 2.45) is 0 Å². The van der Waals surface area contributed by atoms with E-state index >= 15 is 0 Å². The van der Waals surface area contributed by atoms with E-state index in [0.717, 1.165) is 17.7 Å². The van der Waals surface area contributed by atoms with Crippen molar-refractivity contribution in [1.82, 2.24) is 0 Å². The van der Waals surface area contributed by atoms with Crippen LogP contribution in [-0.2, 0) is 6.42 Å². The van der Waals surface area contributed by atoms with Crippen LogP contribution in [0.25, 0.3) is 21.9 Å². The van der Waals surface area contributed by atoms with E-state index in [2.05, 4.69) is 141 Å². The summed E-state index contributed by atoms with van der Waals surface area (Å²) in [4.78, 5) is 2.36. The molecule has 0 aliphatic carbocycles. The van der Waals surface area contributed by atoms with Crippen LogP contribution < -0.4 is 4.90 Å². The highest BCUT2D eigenvalue weighted by atomic mass is 15.2. The van der Waals surface area contributed by atoms with Gasteiger partial charge >= 0.3 is 0 Å². The SMILES string of the molecule is C#CC(c1cc(-c2ccc(C)cc2)ccc1C)N(c1ccccc1)c1c(CC)ccc2ccccc12. The van der Waals surface area contributed by atoms with Gasteiger partial charge in [-0.1, -0.05) is 109 Å². The molecule has 176 valence electrons. The molecular formula is C35H31N. The lowest BCUT2D eigenvalue weighted by atomic mass is 9.92. The van der Waals surface area contributed by atoms with Crippen molar-refractivity contribution in [2.75, 3.05) is 4.90 Å². The van der Waals surface area contributed by atoms with E-state index in [1.807, 2.05) is 0 Å². The van der Waals surface area contributed by atoms with Crippen molar-refractivity contribution in [2.45, 2.75) is 33.2 Å². The number of rotatable bonds is 6. The van der Waals surface area contributed by atoms with Gasteiger partial charge in [0.2, 0.25) is 0 Å². The smallest absolute Gasteiger partial charge is 0.121 e. The van der Waals surface area contributed by atoms with Crippen molar-refractivity contribution in [1.29, 1.82) is 0 Å². The van der Waals surface area contributed by atoms with Gasteiger partial charge in [-0.25, -0.2) is 0 Å². The quantitative estimate of drug-likeness (QED) is 0.226. The van der Waals surface area contributed by atoms with Crippen molar-refractivity contribution >= 4 is 22.1 Å². The second kappa shape index (κ2) is 10.1. The summed E-state index contributed by atoms with van der Waals surface area (Å²) < 4.78 is 0. The summed E-state index contributed by atoms with van der Waals surface area (Å²) in [5, 5.41) is 2.43. The molecular weight excluding hydrogens is 434 g/mol. The predicted molar refractivity (Wildman–Crippen MR) is 155 cm³/mol. The number of hydrogen-bond acceptors (Lipinski definition) is 1. The van der Waals surface area contributed by atoms with Crippen molar-refractivity contribution in [3.63, 3.8) is 0 Å². The second-order valence-corrected chi connectivity index (χ2v) is 9.36. The third kappa shape index (κ3) is 4.39. The number of benzene rings is 5. The average Bonchev–Trinajstić information content (AvgIpc) is 2.93. The van der Waals surface area contributed by atoms with E-state index in [1.165, 1.54) is 44.3 Å². The lowest BCUT2D eigenvalue weighted by Gasteiger charge is -2.34. The Morgan fingerprint density at radius 1 is 0.750 bits per heavy atom. The second-order valence-electron chi connectivity index (χ2n) is 9.36. The largest absolute Gasteiger partial charge is 0.322 e. The molecule has 0 spiro atoms. The molecule has 0 heterocycles. The van der Waals surface area contributed by atoms with E-state index < -0.39 is 0 Å². The summed E-state index contributed by atoms with van der Waals surface area (Å²) in [5.74, 6) is 3.19. The molecule has 36 heavy (non-hydrogen) atoms. The Morgan fingerprint density at radius 2 is 1.44 bits per heavy atom. The summed E-state index contributed by atoms with van der Waals surface area (Å²) in [6.45, 7) is 6.49. The Balaban J connectivity index is 1.76. The molecule has 0 aliphatic rings. The minimum absolute atomic E-state index is 0.270. The number of para-hydroxylation sites is 1. The third-order valence-electron chi connectivity index (χ3n) is 7.02. The first kappa shape index (κ1) is 23.5. The molecule has 1 unspecified atom stereocenters. The van der Waals surface area contributed by atoms with E-state index in [4.69, 9.17) is 6.42 Å². The van der Waals surface area contributed by atoms with Crippen molar-refractivity contribution < 1.29 is 0 Å². The van der Waals surface area contributed by atoms with Crippen molar-refractivity contribution in [3.05, 3.63) is 131 Å². The zero-order valence-corrected chi connectivity index (χ0v) is 21.2. The topological polar surface area (TPSA) is 3.24 Å². The fourth-order valence-corrected chi connectivity index (χ4v) is 5.03. The normalized spacial score (nSPS) is 11.7. The molecule has 0 amide bonds. The average molecular weight is 466 g/mol. The van der Waals surface area contributed by atoms with Crippen LogP contribution in [0.5, 0.6) is 0 Å². The van der Waals surface area contributed by atoms with Crippen LogP contribution in [0.3, 0.4) is 0 Å². The van der Waals surface area contributed by atoms with Gasteiger partial charge in [0.1, 0.15) is 6.04 Å². The van der Waals surface area contributed by atoms with E-state index in [1.54, 1.807) is 0 Å². The van der Waals surface area contributed by atoms with Gasteiger partial charge in [-0.15, -0.1) is 6.42 Å². The maximum Gasteiger partial charge on any atom is 0.121 e. The highest BCUT2D eigenvalue weighted by Crippen LogP contribution is 2.42. The Kier molecular flexibility index (Phi) is 6.61. The first-order valence-electron chi connectivity index (χ1n) is 12.6. The van der Waals surface area contributed by atoms with Crippen molar-refractivity contribution in [3.8, 4) is 23.5 Å². The van der Waals surface area contributed by atoms with Gasteiger partial charge in [0.25, 0.3) is 0 Å². The first-order chi connectivity index (χ1) is 17.6. The number of fused-ring (bicyclic) bond motifs is 1. The Labute approximate surface area is 215 Å². The minimum atomic E-state index is -0.270. The molecule has 0 fully saturated rings. The fraction of sp³-hybridized carbons (Fsp3) is 0.143. The molecule has 1 nitrogen and oxygen atoms in total. The Bertz CT molecular complexity index is 1540. The lowest BCUT2D eigenvalue weighted by Crippen LogP contribution is -2.25. The molecule has 0 aromatic heterocycles. The Morgan fingerprint density at radius 3 is 2.17 bits per heavy atom. The van der Waals surface area contributed by atoms with E-state index in [9.17, 15) is 0 Å². The van der Waals surface area contributed by atoms with Gasteiger partial charge in [-0.3, -0.25) is 0 Å². The van der Waals surface area contributed by atoms with Gasteiger partial charge in [-0.2, -0.15) is 0 Å². The highest BCUT2D eigenvalue weighted by molar-refractivity contribution is 5.98. The first-order valence-corrected chi connectivity index (χ1v) is 12.6. The van der Waals surface area contributed by atoms with Gasteiger partial charge in [0.15, 0.2) is 0 Å². The van der Waals surface area contributed by atoms with Gasteiger partial charge in [-0.05, 0) is 71.7 Å². The van der Waals surface area contributed by atoms with E-state index in [-0.39, 0.29) is 6.04 Å². The number of aryl methyl sites for hydroxylation is 3. The summed E-state index contributed by atoms with van der Waals surface area (Å²) in [6.07, 6.45) is 7.32. The lowest BCUT2D eigenvalue weighted by molar-refractivity contribution is 0.865. The maximum absolute atomic E-state index is 6.40. The maximum atomic E-state index is 6.40. The zero-order valence-electron chi connectivity index (χ0n) is 21.2. The van der Waals surface area contributed by atoms with Crippen LogP contribution in [0.4, 0.5) is 11.4 Å². The minimum Gasteiger partial charge on any atom is -0.322 e. The van der Waals surface area contributed by atoms with Crippen LogP contribution in [0.1, 0.15) is 35.2 Å². The number of terminal acetylenes is 1. The molecule has 0 bridgehead atoms. The van der Waals surface area contributed by atoms with Crippen LogP contribution in [0, 0.1) is 26.2 Å². The summed E-state index contributed by atoms with van der Waals surface area (Å²) in [5.41, 5.74) is 9.52. The molecule has 5 aromatic carbocycles. The standard InChI is InChI=1S/C35H31N/c1-5-27-22-23-29-12-10-11-15-32(29)35(27)36(31-13-8-7-9-14-31)34(6-2)33-24-30(21-18-26(33)4)28-19-16-25(3)17-20-28/h2,7-24,34H,5H2,1,3-4H3. The van der Waals surface area contributed by atoms with Crippen LogP contribution in [-0.4, -0.2) is 0 Å². The summed E-state index contributed by atoms with van der Waals surface area (Å²) in [7, 11) is 0. The molecule has 1 heteroatoms. The zero-order chi connectivity index (χ0) is 25.1. The third-order valence-corrected chi connectivity index (χ3v) is 7.02. The number of anilines is 2. The monoisotopic (exact) mass is 465 g/mol. The van der Waals surface area contributed by atoms with Crippen LogP contribution in [0.15, 0.2) is 109 Å². The van der Waals surface area contributed by atoms with Gasteiger partial charge < -0.3 is 4.90 Å². The van der Waals surface area contributed by atoms with Crippen LogP contribution in [0.2, 0.25) is 0 Å². The molecule has 1 atom stereocenters. The molecule has 0 saturated carbocycles. The number of hydrogen-bond donors (Lipinski definition) is 0. The molecule has 0 saturated heterocycles. The van der Waals surface area contributed by atoms with E-state index in [0.29, 0.717) is 0 Å². The molecule has 0 aliphatic heterocycles. The van der Waals surface area contributed by atoms with Crippen LogP contribution >= 0.6 is 0 Å². The summed E-state index contributed by atoms with van der Waals surface area (Å²) >= 11 is 0. The fourth-order valence-electron chi connectivity index (χ4n) is 5.03. The van der Waals surface area contributed by atoms with Gasteiger partial charge in [0.05, 0.1) is 5.69 Å². The Hall–Kier alpha value is -4.28. The molecule has 0 N–H and O–H groups in total. The summed E-state index contributed by atoms with van der Waals surface area (Å²) in [6, 6.07) is 38.7. The highest BCUT2D eigenvalue weighted by Gasteiger charge is 2.26. The number of nitrogens with zero attached hydrogens (tertiary/aromatic N) is 1. The molecule has 0 radical (unpaired) electrons. The predicted octanol–water partition coefficient (Wildman–Crippen LogP) is 9.20. The molecule has 5 rings (SSSR count).